The van der Waals surface area contributed by atoms with Crippen molar-refractivity contribution in [1.29, 1.82) is 0 Å². The van der Waals surface area contributed by atoms with Crippen LogP contribution < -0.4 is 5.32 Å². The van der Waals surface area contributed by atoms with Crippen molar-refractivity contribution < 1.29 is 9.31 Å². The van der Waals surface area contributed by atoms with Crippen molar-refractivity contribution in [2.45, 2.75) is 38.9 Å². The predicted molar refractivity (Wildman–Crippen MR) is 84.4 cm³/mol. The van der Waals surface area contributed by atoms with Crippen LogP contribution in [-0.2, 0) is 9.31 Å². The van der Waals surface area contributed by atoms with E-state index in [2.05, 4.69) is 44.1 Å². The van der Waals surface area contributed by atoms with Gasteiger partial charge in [-0.1, -0.05) is 12.1 Å². The molecule has 0 aliphatic carbocycles. The maximum absolute atomic E-state index is 6.07. The van der Waals surface area contributed by atoms with E-state index in [9.17, 15) is 0 Å². The fraction of sp³-hybridized carbons (Fsp3) is 0.438. The molecule has 1 aromatic heterocycles. The predicted octanol–water partition coefficient (Wildman–Crippen LogP) is 2.58. The van der Waals surface area contributed by atoms with Gasteiger partial charge in [-0.05, 0) is 51.4 Å². The van der Waals surface area contributed by atoms with Crippen LogP contribution in [-0.4, -0.2) is 29.8 Å². The van der Waals surface area contributed by atoms with E-state index in [1.165, 1.54) is 0 Å². The fourth-order valence-corrected chi connectivity index (χ4v) is 2.36. The number of dihydropyridines is 1. The van der Waals surface area contributed by atoms with E-state index in [1.54, 1.807) is 6.20 Å². The van der Waals surface area contributed by atoms with Gasteiger partial charge in [-0.25, -0.2) is 0 Å². The van der Waals surface area contributed by atoms with Crippen LogP contribution in [0.4, 0.5) is 0 Å². The summed E-state index contributed by atoms with van der Waals surface area (Å²) in [4.78, 5) is 4.35. The third kappa shape index (κ3) is 2.63. The number of pyridine rings is 1. The summed E-state index contributed by atoms with van der Waals surface area (Å²) in [7, 11) is -0.288. The van der Waals surface area contributed by atoms with Crippen LogP contribution in [0.5, 0.6) is 0 Å². The molecule has 0 saturated carbocycles. The first kappa shape index (κ1) is 14.4. The lowest BCUT2D eigenvalue weighted by Crippen LogP contribution is -2.41. The highest BCUT2D eigenvalue weighted by Crippen LogP contribution is 2.38. The Morgan fingerprint density at radius 1 is 1.10 bits per heavy atom. The molecule has 0 bridgehead atoms. The second-order valence-electron chi connectivity index (χ2n) is 6.48. The molecule has 0 spiro atoms. The van der Waals surface area contributed by atoms with E-state index in [4.69, 9.17) is 9.31 Å². The van der Waals surface area contributed by atoms with Crippen LogP contribution in [0.3, 0.4) is 0 Å². The summed E-state index contributed by atoms with van der Waals surface area (Å²) in [6, 6.07) is 5.89. The van der Waals surface area contributed by atoms with Crippen molar-refractivity contribution in [3.05, 3.63) is 47.7 Å². The second-order valence-corrected chi connectivity index (χ2v) is 6.48. The van der Waals surface area contributed by atoms with Crippen molar-refractivity contribution in [3.63, 3.8) is 0 Å². The van der Waals surface area contributed by atoms with Crippen LogP contribution in [0.25, 0.3) is 5.70 Å². The summed E-state index contributed by atoms with van der Waals surface area (Å²) in [5, 5.41) is 3.39. The van der Waals surface area contributed by atoms with Crippen molar-refractivity contribution in [1.82, 2.24) is 10.3 Å². The lowest BCUT2D eigenvalue weighted by atomic mass is 9.76. The number of rotatable bonds is 2. The van der Waals surface area contributed by atoms with E-state index in [1.807, 2.05) is 24.3 Å². The molecule has 1 saturated heterocycles. The fourth-order valence-electron chi connectivity index (χ4n) is 2.36. The Morgan fingerprint density at radius 2 is 1.81 bits per heavy atom. The molecule has 3 rings (SSSR count). The number of hydrogen-bond acceptors (Lipinski definition) is 4. The van der Waals surface area contributed by atoms with Crippen LogP contribution in [0.2, 0.25) is 0 Å². The van der Waals surface area contributed by atoms with Crippen molar-refractivity contribution >= 4 is 12.8 Å². The van der Waals surface area contributed by atoms with Gasteiger partial charge in [-0.3, -0.25) is 4.98 Å². The maximum atomic E-state index is 6.07. The highest BCUT2D eigenvalue weighted by molar-refractivity contribution is 6.55. The molecule has 0 amide bonds. The van der Waals surface area contributed by atoms with E-state index < -0.39 is 0 Å². The Balaban J connectivity index is 1.78. The van der Waals surface area contributed by atoms with Gasteiger partial charge in [0, 0.05) is 12.7 Å². The van der Waals surface area contributed by atoms with Gasteiger partial charge in [0.1, 0.15) is 0 Å². The summed E-state index contributed by atoms with van der Waals surface area (Å²) >= 11 is 0. The number of aromatic nitrogens is 1. The number of nitrogens with one attached hydrogen (secondary N) is 1. The SMILES string of the molecule is CC1(C)OB(C2=CC=C(c3ccccn3)NC2)OC1(C)C. The van der Waals surface area contributed by atoms with Gasteiger partial charge < -0.3 is 14.6 Å². The number of nitrogens with zero attached hydrogens (tertiary/aromatic N) is 1. The highest BCUT2D eigenvalue weighted by Gasteiger charge is 2.52. The highest BCUT2D eigenvalue weighted by atomic mass is 16.7. The topological polar surface area (TPSA) is 43.4 Å². The molecular formula is C16H21BN2O2. The summed E-state index contributed by atoms with van der Waals surface area (Å²) in [6.45, 7) is 8.98. The molecule has 5 heteroatoms. The third-order valence-electron chi connectivity index (χ3n) is 4.44. The van der Waals surface area contributed by atoms with Crippen LogP contribution in [0.1, 0.15) is 33.4 Å². The zero-order valence-corrected chi connectivity index (χ0v) is 13.0. The first-order chi connectivity index (χ1) is 9.89. The van der Waals surface area contributed by atoms with Crippen molar-refractivity contribution in [2.75, 3.05) is 6.54 Å². The summed E-state index contributed by atoms with van der Waals surface area (Å²) in [5.74, 6) is 0. The molecule has 2 aliphatic rings. The van der Waals surface area contributed by atoms with Crippen molar-refractivity contribution in [2.24, 2.45) is 0 Å². The molecule has 0 unspecified atom stereocenters. The molecular weight excluding hydrogens is 263 g/mol. The summed E-state index contributed by atoms with van der Waals surface area (Å²) in [6.07, 6.45) is 5.90. The van der Waals surface area contributed by atoms with Gasteiger partial charge in [0.15, 0.2) is 0 Å². The maximum Gasteiger partial charge on any atom is 0.492 e. The average molecular weight is 284 g/mol. The van der Waals surface area contributed by atoms with Crippen LogP contribution in [0, 0.1) is 0 Å². The third-order valence-corrected chi connectivity index (χ3v) is 4.44. The second kappa shape index (κ2) is 5.00. The Morgan fingerprint density at radius 3 is 2.33 bits per heavy atom. The number of hydrogen-bond donors (Lipinski definition) is 1. The zero-order chi connectivity index (χ0) is 15.1. The molecule has 4 nitrogen and oxygen atoms in total. The van der Waals surface area contributed by atoms with E-state index >= 15 is 0 Å². The van der Waals surface area contributed by atoms with E-state index in [-0.39, 0.29) is 18.3 Å². The van der Waals surface area contributed by atoms with Gasteiger partial charge >= 0.3 is 7.12 Å². The van der Waals surface area contributed by atoms with Crippen LogP contribution >= 0.6 is 0 Å². The van der Waals surface area contributed by atoms with E-state index in [0.29, 0.717) is 6.54 Å². The van der Waals surface area contributed by atoms with Gasteiger partial charge in [0.2, 0.25) is 0 Å². The molecule has 0 atom stereocenters. The standard InChI is InChI=1S/C16H21BN2O2/c1-15(2)16(3,4)21-17(20-15)12-8-9-14(19-11-12)13-7-5-6-10-18-13/h5-10,19H,11H2,1-4H3. The lowest BCUT2D eigenvalue weighted by Gasteiger charge is -2.32. The van der Waals surface area contributed by atoms with E-state index in [0.717, 1.165) is 16.9 Å². The molecule has 3 heterocycles. The minimum absolute atomic E-state index is 0.288. The normalized spacial score (nSPS) is 23.3. The molecule has 2 aliphatic heterocycles. The van der Waals surface area contributed by atoms with Crippen LogP contribution in [0.15, 0.2) is 42.0 Å². The molecule has 110 valence electrons. The van der Waals surface area contributed by atoms with Gasteiger partial charge in [0.25, 0.3) is 0 Å². The number of allylic oxidation sites excluding steroid dienone is 2. The first-order valence-corrected chi connectivity index (χ1v) is 7.31. The zero-order valence-electron chi connectivity index (χ0n) is 13.0. The lowest BCUT2D eigenvalue weighted by molar-refractivity contribution is 0.00578. The first-order valence-electron chi connectivity index (χ1n) is 7.31. The molecule has 0 radical (unpaired) electrons. The molecule has 0 aromatic carbocycles. The Kier molecular flexibility index (Phi) is 3.42. The quantitative estimate of drug-likeness (QED) is 0.848. The monoisotopic (exact) mass is 284 g/mol. The van der Waals surface area contributed by atoms with Gasteiger partial charge in [0.05, 0.1) is 22.6 Å². The van der Waals surface area contributed by atoms with Gasteiger partial charge in [-0.15, -0.1) is 0 Å². The average Bonchev–Trinajstić information content (AvgIpc) is 2.69. The largest absolute Gasteiger partial charge is 0.492 e. The Hall–Kier alpha value is -1.59. The minimum atomic E-state index is -0.302. The molecule has 1 fully saturated rings. The Labute approximate surface area is 126 Å². The van der Waals surface area contributed by atoms with Gasteiger partial charge in [-0.2, -0.15) is 0 Å². The minimum Gasteiger partial charge on any atom is -0.400 e. The molecule has 1 aromatic rings. The molecule has 1 N–H and O–H groups in total. The summed E-state index contributed by atoms with van der Waals surface area (Å²) < 4.78 is 12.1. The summed E-state index contributed by atoms with van der Waals surface area (Å²) in [5.41, 5.74) is 2.47. The molecule has 21 heavy (non-hydrogen) atoms. The van der Waals surface area contributed by atoms with Crippen molar-refractivity contribution in [3.8, 4) is 0 Å². The smallest absolute Gasteiger partial charge is 0.400 e. The Bertz CT molecular complexity index is 578.